The molecule has 2 heterocycles. The summed E-state index contributed by atoms with van der Waals surface area (Å²) in [5, 5.41) is 0. The van der Waals surface area contributed by atoms with Gasteiger partial charge in [-0.15, -0.1) is 0 Å². The van der Waals surface area contributed by atoms with Gasteiger partial charge in [0.1, 0.15) is 0 Å². The van der Waals surface area contributed by atoms with Gasteiger partial charge in [0.05, 0.1) is 5.69 Å². The van der Waals surface area contributed by atoms with E-state index >= 15 is 0 Å². The summed E-state index contributed by atoms with van der Waals surface area (Å²) < 4.78 is 0. The van der Waals surface area contributed by atoms with Gasteiger partial charge >= 0.3 is 0 Å². The fourth-order valence-electron chi connectivity index (χ4n) is 1.42. The van der Waals surface area contributed by atoms with Crippen LogP contribution >= 0.6 is 0 Å². The molecule has 0 unspecified atom stereocenters. The highest BCUT2D eigenvalue weighted by Gasteiger charge is 1.98. The van der Waals surface area contributed by atoms with Gasteiger partial charge in [-0.25, -0.2) is 0 Å². The number of aryl methyl sites for hydroxylation is 1. The summed E-state index contributed by atoms with van der Waals surface area (Å²) in [7, 11) is 0. The largest absolute Gasteiger partial charge is 0.262 e. The normalized spacial score (nSPS) is 9.93. The Morgan fingerprint density at radius 1 is 1.13 bits per heavy atom. The van der Waals surface area contributed by atoms with E-state index < -0.39 is 0 Å². The van der Waals surface area contributed by atoms with Crippen LogP contribution in [0.25, 0.3) is 17.2 Å². The first kappa shape index (κ1) is 9.59. The minimum Gasteiger partial charge on any atom is -0.262 e. The highest BCUT2D eigenvalue weighted by atomic mass is 14.7. The number of pyridine rings is 2. The summed E-state index contributed by atoms with van der Waals surface area (Å²) in [5.74, 6) is 0. The molecule has 2 nitrogen and oxygen atoms in total. The van der Waals surface area contributed by atoms with Gasteiger partial charge in [-0.1, -0.05) is 12.6 Å². The van der Waals surface area contributed by atoms with E-state index in [1.54, 1.807) is 6.08 Å². The van der Waals surface area contributed by atoms with Crippen LogP contribution in [0.2, 0.25) is 0 Å². The lowest BCUT2D eigenvalue weighted by Crippen LogP contribution is -1.85. The highest BCUT2D eigenvalue weighted by Crippen LogP contribution is 2.18. The fourth-order valence-corrected chi connectivity index (χ4v) is 1.42. The highest BCUT2D eigenvalue weighted by molar-refractivity contribution is 5.63. The van der Waals surface area contributed by atoms with Gasteiger partial charge in [-0.3, -0.25) is 9.97 Å². The Morgan fingerprint density at radius 2 is 2.00 bits per heavy atom. The van der Waals surface area contributed by atoms with Crippen LogP contribution in [0, 0.1) is 6.92 Å². The Kier molecular flexibility index (Phi) is 2.59. The van der Waals surface area contributed by atoms with Crippen molar-refractivity contribution in [2.45, 2.75) is 6.92 Å². The lowest BCUT2D eigenvalue weighted by atomic mass is 10.1. The van der Waals surface area contributed by atoms with Crippen LogP contribution in [-0.2, 0) is 0 Å². The number of nitrogens with zero attached hydrogens (tertiary/aromatic N) is 2. The molecule has 0 bridgehead atoms. The Balaban J connectivity index is 2.41. The Morgan fingerprint density at radius 3 is 2.60 bits per heavy atom. The molecule has 0 radical (unpaired) electrons. The summed E-state index contributed by atoms with van der Waals surface area (Å²) >= 11 is 0. The van der Waals surface area contributed by atoms with Gasteiger partial charge < -0.3 is 0 Å². The second-order valence-corrected chi connectivity index (χ2v) is 3.36. The molecule has 0 fully saturated rings. The number of hydrogen-bond acceptors (Lipinski definition) is 2. The third kappa shape index (κ3) is 2.10. The quantitative estimate of drug-likeness (QED) is 0.737. The molecule has 2 heteroatoms. The van der Waals surface area contributed by atoms with Crippen molar-refractivity contribution < 1.29 is 0 Å². The monoisotopic (exact) mass is 196 g/mol. The van der Waals surface area contributed by atoms with Crippen LogP contribution in [0.15, 0.2) is 43.2 Å². The van der Waals surface area contributed by atoms with Gasteiger partial charge in [0.2, 0.25) is 0 Å². The van der Waals surface area contributed by atoms with Crippen molar-refractivity contribution in [1.29, 1.82) is 0 Å². The van der Waals surface area contributed by atoms with Gasteiger partial charge in [0.25, 0.3) is 0 Å². The fraction of sp³-hybridized carbons (Fsp3) is 0.0769. The molecule has 0 aromatic carbocycles. The number of rotatable bonds is 2. The summed E-state index contributed by atoms with van der Waals surface area (Å²) in [5.41, 5.74) is 4.15. The average Bonchev–Trinajstić information content (AvgIpc) is 2.29. The number of hydrogen-bond donors (Lipinski definition) is 0. The minimum atomic E-state index is 0.893. The summed E-state index contributed by atoms with van der Waals surface area (Å²) in [6.45, 7) is 5.66. The van der Waals surface area contributed by atoms with Crippen molar-refractivity contribution in [3.63, 3.8) is 0 Å². The first-order valence-electron chi connectivity index (χ1n) is 4.81. The zero-order valence-corrected chi connectivity index (χ0v) is 8.64. The molecule has 0 aliphatic rings. The van der Waals surface area contributed by atoms with Crippen LogP contribution < -0.4 is 0 Å². The van der Waals surface area contributed by atoms with Gasteiger partial charge in [0, 0.05) is 23.7 Å². The molecule has 0 N–H and O–H groups in total. The predicted octanol–water partition coefficient (Wildman–Crippen LogP) is 3.10. The first-order chi connectivity index (χ1) is 7.29. The lowest BCUT2D eigenvalue weighted by molar-refractivity contribution is 1.20. The molecule has 0 saturated carbocycles. The molecule has 0 aliphatic heterocycles. The third-order valence-corrected chi connectivity index (χ3v) is 2.23. The van der Waals surface area contributed by atoms with E-state index in [2.05, 4.69) is 16.5 Å². The zero-order chi connectivity index (χ0) is 10.7. The molecular formula is C13H12N2. The van der Waals surface area contributed by atoms with Crippen molar-refractivity contribution >= 4 is 6.08 Å². The molecule has 2 aromatic rings. The lowest BCUT2D eigenvalue weighted by Gasteiger charge is -2.02. The second kappa shape index (κ2) is 4.05. The van der Waals surface area contributed by atoms with Crippen molar-refractivity contribution in [3.05, 3.63) is 54.6 Å². The van der Waals surface area contributed by atoms with E-state index in [9.17, 15) is 0 Å². The first-order valence-corrected chi connectivity index (χ1v) is 4.81. The van der Waals surface area contributed by atoms with Gasteiger partial charge in [-0.2, -0.15) is 0 Å². The van der Waals surface area contributed by atoms with E-state index in [1.165, 1.54) is 0 Å². The van der Waals surface area contributed by atoms with Gasteiger partial charge in [0.15, 0.2) is 0 Å². The Hall–Kier alpha value is -1.96. The smallest absolute Gasteiger partial charge is 0.0624 e. The van der Waals surface area contributed by atoms with Crippen LogP contribution in [0.3, 0.4) is 0 Å². The van der Waals surface area contributed by atoms with Crippen LogP contribution in [0.4, 0.5) is 0 Å². The van der Waals surface area contributed by atoms with Crippen molar-refractivity contribution in [3.8, 4) is 11.1 Å². The van der Waals surface area contributed by atoms with Crippen molar-refractivity contribution in [2.24, 2.45) is 0 Å². The minimum absolute atomic E-state index is 0.893. The maximum absolute atomic E-state index is 4.26. The summed E-state index contributed by atoms with van der Waals surface area (Å²) in [6.07, 6.45) is 5.40. The molecule has 0 spiro atoms. The maximum atomic E-state index is 4.26. The van der Waals surface area contributed by atoms with Crippen LogP contribution in [0.1, 0.15) is 11.4 Å². The SMILES string of the molecule is C=Cc1ccc(-c2ccnc(C)c2)cn1. The second-order valence-electron chi connectivity index (χ2n) is 3.36. The molecule has 0 aliphatic carbocycles. The van der Waals surface area contributed by atoms with E-state index in [4.69, 9.17) is 0 Å². The molecule has 0 amide bonds. The van der Waals surface area contributed by atoms with E-state index in [-0.39, 0.29) is 0 Å². The molecule has 2 rings (SSSR count). The van der Waals surface area contributed by atoms with E-state index in [1.807, 2.05) is 43.6 Å². The van der Waals surface area contributed by atoms with Gasteiger partial charge in [-0.05, 0) is 36.8 Å². The summed E-state index contributed by atoms with van der Waals surface area (Å²) in [4.78, 5) is 8.43. The topological polar surface area (TPSA) is 25.8 Å². The van der Waals surface area contributed by atoms with Crippen LogP contribution in [-0.4, -0.2) is 9.97 Å². The number of aromatic nitrogens is 2. The molecule has 15 heavy (non-hydrogen) atoms. The molecule has 74 valence electrons. The molecule has 0 atom stereocenters. The maximum Gasteiger partial charge on any atom is 0.0624 e. The van der Waals surface area contributed by atoms with Crippen molar-refractivity contribution in [2.75, 3.05) is 0 Å². The Bertz CT molecular complexity index is 472. The zero-order valence-electron chi connectivity index (χ0n) is 8.64. The molecule has 2 aromatic heterocycles. The molecular weight excluding hydrogens is 184 g/mol. The van der Waals surface area contributed by atoms with E-state index in [0.717, 1.165) is 22.5 Å². The molecule has 0 saturated heterocycles. The standard InChI is InChI=1S/C13H12N2/c1-3-13-5-4-12(9-15-13)11-6-7-14-10(2)8-11/h3-9H,1H2,2H3. The van der Waals surface area contributed by atoms with Crippen LogP contribution in [0.5, 0.6) is 0 Å². The predicted molar refractivity (Wildman–Crippen MR) is 62.3 cm³/mol. The van der Waals surface area contributed by atoms with Crippen molar-refractivity contribution in [1.82, 2.24) is 9.97 Å². The van der Waals surface area contributed by atoms with E-state index in [0.29, 0.717) is 0 Å². The summed E-state index contributed by atoms with van der Waals surface area (Å²) in [6, 6.07) is 8.03. The Labute approximate surface area is 89.3 Å². The average molecular weight is 196 g/mol. The third-order valence-electron chi connectivity index (χ3n) is 2.23.